The fourth-order valence-electron chi connectivity index (χ4n) is 2.70. The Morgan fingerprint density at radius 1 is 1.25 bits per heavy atom. The maximum Gasteiger partial charge on any atom is 0.106 e. The lowest BCUT2D eigenvalue weighted by molar-refractivity contribution is 0.396. The van der Waals surface area contributed by atoms with Gasteiger partial charge in [-0.15, -0.1) is 0 Å². The molecule has 0 saturated carbocycles. The van der Waals surface area contributed by atoms with Crippen molar-refractivity contribution in [2.24, 2.45) is 0 Å². The molecular weight excluding hydrogens is 198 g/mol. The first-order valence-corrected chi connectivity index (χ1v) is 6.39. The lowest BCUT2D eigenvalue weighted by Crippen LogP contribution is -2.32. The van der Waals surface area contributed by atoms with Gasteiger partial charge in [0.05, 0.1) is 5.69 Å². The smallest absolute Gasteiger partial charge is 0.106 e. The summed E-state index contributed by atoms with van der Waals surface area (Å²) < 4.78 is 2.44. The first-order valence-electron chi connectivity index (χ1n) is 6.39. The molecule has 1 heterocycles. The molecule has 1 aliphatic carbocycles. The Labute approximate surface area is 98.3 Å². The largest absolute Gasteiger partial charge is 0.328 e. The zero-order chi connectivity index (χ0) is 11.7. The summed E-state index contributed by atoms with van der Waals surface area (Å²) in [6.45, 7) is 6.65. The van der Waals surface area contributed by atoms with Crippen molar-refractivity contribution in [1.29, 1.82) is 0 Å². The predicted octanol–water partition coefficient (Wildman–Crippen LogP) is 2.24. The zero-order valence-electron chi connectivity index (χ0n) is 10.9. The molecule has 0 fully saturated rings. The van der Waals surface area contributed by atoms with Crippen LogP contribution in [0.3, 0.4) is 0 Å². The van der Waals surface area contributed by atoms with E-state index in [1.807, 2.05) is 7.05 Å². The lowest BCUT2D eigenvalue weighted by atomic mass is 10.0. The van der Waals surface area contributed by atoms with Crippen molar-refractivity contribution < 1.29 is 0 Å². The first-order chi connectivity index (χ1) is 7.65. The van der Waals surface area contributed by atoms with Gasteiger partial charge < -0.3 is 9.88 Å². The van der Waals surface area contributed by atoms with Crippen LogP contribution in [-0.4, -0.2) is 22.6 Å². The van der Waals surface area contributed by atoms with E-state index >= 15 is 0 Å². The third-order valence-electron chi connectivity index (χ3n) is 3.93. The lowest BCUT2D eigenvalue weighted by Gasteiger charge is -2.25. The molecule has 1 aromatic heterocycles. The molecule has 0 saturated heterocycles. The second kappa shape index (κ2) is 4.58. The molecule has 90 valence electrons. The molecule has 1 aromatic rings. The van der Waals surface area contributed by atoms with E-state index in [1.165, 1.54) is 42.9 Å². The van der Waals surface area contributed by atoms with Crippen LogP contribution in [0.1, 0.15) is 49.9 Å². The van der Waals surface area contributed by atoms with Crippen molar-refractivity contribution in [1.82, 2.24) is 14.9 Å². The van der Waals surface area contributed by atoms with E-state index in [0.717, 1.165) is 0 Å². The highest BCUT2D eigenvalue weighted by molar-refractivity contribution is 5.21. The Hall–Kier alpha value is -0.830. The molecule has 3 nitrogen and oxygen atoms in total. The topological polar surface area (TPSA) is 29.9 Å². The monoisotopic (exact) mass is 221 g/mol. The number of likely N-dealkylation sites (N-methyl/N-ethyl adjacent to an activating group) is 1. The Balaban J connectivity index is 2.36. The number of nitrogens with one attached hydrogen (secondary N) is 1. The molecule has 0 bridgehead atoms. The van der Waals surface area contributed by atoms with Crippen molar-refractivity contribution in [3.05, 3.63) is 17.2 Å². The Kier molecular flexibility index (Phi) is 3.33. The number of aromatic nitrogens is 2. The van der Waals surface area contributed by atoms with Gasteiger partial charge in [-0.05, 0) is 53.5 Å². The molecule has 0 spiro atoms. The number of hydrogen-bond acceptors (Lipinski definition) is 2. The highest BCUT2D eigenvalue weighted by Gasteiger charge is 2.23. The normalized spacial score (nSPS) is 19.2. The molecule has 2 rings (SSSR count). The van der Waals surface area contributed by atoms with Crippen molar-refractivity contribution in [2.75, 3.05) is 7.05 Å². The molecule has 16 heavy (non-hydrogen) atoms. The number of rotatable bonds is 3. The molecule has 1 N–H and O–H groups in total. The van der Waals surface area contributed by atoms with Crippen LogP contribution < -0.4 is 5.32 Å². The van der Waals surface area contributed by atoms with Crippen LogP contribution in [0.25, 0.3) is 0 Å². The van der Waals surface area contributed by atoms with Gasteiger partial charge in [0.25, 0.3) is 0 Å². The van der Waals surface area contributed by atoms with E-state index in [0.29, 0.717) is 12.1 Å². The van der Waals surface area contributed by atoms with Crippen LogP contribution in [0, 0.1) is 6.92 Å². The maximum absolute atomic E-state index is 4.72. The van der Waals surface area contributed by atoms with Crippen molar-refractivity contribution in [3.8, 4) is 0 Å². The van der Waals surface area contributed by atoms with Gasteiger partial charge in [0.15, 0.2) is 0 Å². The van der Waals surface area contributed by atoms with E-state index < -0.39 is 0 Å². The zero-order valence-corrected chi connectivity index (χ0v) is 10.9. The summed E-state index contributed by atoms with van der Waals surface area (Å²) >= 11 is 0. The molecule has 0 radical (unpaired) electrons. The standard InChI is InChI=1S/C13H23N3/c1-9(14-4)10(2)16-11(3)15-12-7-5-6-8-13(12)16/h9-10,14H,5-8H2,1-4H3. The first kappa shape index (κ1) is 11.6. The third-order valence-corrected chi connectivity index (χ3v) is 3.93. The van der Waals surface area contributed by atoms with Crippen LogP contribution in [0.4, 0.5) is 0 Å². The highest BCUT2D eigenvalue weighted by Crippen LogP contribution is 2.26. The van der Waals surface area contributed by atoms with Crippen molar-refractivity contribution >= 4 is 0 Å². The van der Waals surface area contributed by atoms with Crippen LogP contribution in [0.2, 0.25) is 0 Å². The number of aryl methyl sites for hydroxylation is 2. The minimum atomic E-state index is 0.485. The summed E-state index contributed by atoms with van der Waals surface area (Å²) in [5.41, 5.74) is 2.83. The van der Waals surface area contributed by atoms with Crippen LogP contribution in [0.5, 0.6) is 0 Å². The fourth-order valence-corrected chi connectivity index (χ4v) is 2.70. The van der Waals surface area contributed by atoms with Gasteiger partial charge in [-0.3, -0.25) is 0 Å². The molecule has 3 heteroatoms. The van der Waals surface area contributed by atoms with Gasteiger partial charge >= 0.3 is 0 Å². The molecular formula is C13H23N3. The molecule has 0 aliphatic heterocycles. The van der Waals surface area contributed by atoms with Gasteiger partial charge in [0.2, 0.25) is 0 Å². The Bertz CT molecular complexity index is 367. The summed E-state index contributed by atoms with van der Waals surface area (Å²) in [5, 5.41) is 3.34. The van der Waals surface area contributed by atoms with Crippen LogP contribution in [-0.2, 0) is 12.8 Å². The van der Waals surface area contributed by atoms with Gasteiger partial charge in [0, 0.05) is 17.8 Å². The summed E-state index contributed by atoms with van der Waals surface area (Å²) in [6, 6.07) is 0.971. The van der Waals surface area contributed by atoms with Gasteiger partial charge in [-0.1, -0.05) is 0 Å². The van der Waals surface area contributed by atoms with Gasteiger partial charge in [-0.25, -0.2) is 4.98 Å². The highest BCUT2D eigenvalue weighted by atomic mass is 15.1. The SMILES string of the molecule is CNC(C)C(C)n1c(C)nc2c1CCCC2. The molecule has 2 atom stereocenters. The number of imidazole rings is 1. The second-order valence-electron chi connectivity index (χ2n) is 4.95. The number of fused-ring (bicyclic) bond motifs is 1. The molecule has 1 aliphatic rings. The Morgan fingerprint density at radius 3 is 2.62 bits per heavy atom. The van der Waals surface area contributed by atoms with E-state index in [1.54, 1.807) is 0 Å². The van der Waals surface area contributed by atoms with Crippen molar-refractivity contribution in [3.63, 3.8) is 0 Å². The molecule has 0 amide bonds. The summed E-state index contributed by atoms with van der Waals surface area (Å²) in [5.74, 6) is 1.18. The van der Waals surface area contributed by atoms with E-state index in [9.17, 15) is 0 Å². The summed E-state index contributed by atoms with van der Waals surface area (Å²) in [4.78, 5) is 4.72. The summed E-state index contributed by atoms with van der Waals surface area (Å²) in [7, 11) is 2.03. The third kappa shape index (κ3) is 1.88. The van der Waals surface area contributed by atoms with Gasteiger partial charge in [-0.2, -0.15) is 0 Å². The average molecular weight is 221 g/mol. The quantitative estimate of drug-likeness (QED) is 0.848. The van der Waals surface area contributed by atoms with Crippen LogP contribution >= 0.6 is 0 Å². The second-order valence-corrected chi connectivity index (χ2v) is 4.95. The number of nitrogens with zero attached hydrogens (tertiary/aromatic N) is 2. The van der Waals surface area contributed by atoms with Crippen molar-refractivity contribution in [2.45, 2.75) is 58.5 Å². The van der Waals surface area contributed by atoms with E-state index in [2.05, 4.69) is 30.7 Å². The molecule has 2 unspecified atom stereocenters. The number of hydrogen-bond donors (Lipinski definition) is 1. The maximum atomic E-state index is 4.72. The van der Waals surface area contributed by atoms with Gasteiger partial charge in [0.1, 0.15) is 5.82 Å². The van der Waals surface area contributed by atoms with E-state index in [-0.39, 0.29) is 0 Å². The van der Waals surface area contributed by atoms with E-state index in [4.69, 9.17) is 4.98 Å². The fraction of sp³-hybridized carbons (Fsp3) is 0.769. The minimum absolute atomic E-state index is 0.485. The minimum Gasteiger partial charge on any atom is -0.328 e. The average Bonchev–Trinajstić information content (AvgIpc) is 2.63. The van der Waals surface area contributed by atoms with Crippen LogP contribution in [0.15, 0.2) is 0 Å². The Morgan fingerprint density at radius 2 is 1.94 bits per heavy atom. The summed E-state index contributed by atoms with van der Waals surface area (Å²) in [6.07, 6.45) is 5.00. The predicted molar refractivity (Wildman–Crippen MR) is 66.8 cm³/mol. The molecule has 0 aromatic carbocycles.